The van der Waals surface area contributed by atoms with Gasteiger partial charge in [-0.2, -0.15) is 23.3 Å². The molecule has 0 fully saturated rings. The molecule has 2 heterocycles. The minimum atomic E-state index is -5.10. The predicted molar refractivity (Wildman–Crippen MR) is 84.0 cm³/mol. The number of nitrogens with zero attached hydrogens (tertiary/aromatic N) is 3. The van der Waals surface area contributed by atoms with Crippen molar-refractivity contribution in [3.63, 3.8) is 0 Å². The van der Waals surface area contributed by atoms with Gasteiger partial charge in [-0.15, -0.1) is 0 Å². The van der Waals surface area contributed by atoms with E-state index in [0.29, 0.717) is 5.56 Å². The Balaban J connectivity index is 2.06. The minimum Gasteiger partial charge on any atom is -0.362 e. The summed E-state index contributed by atoms with van der Waals surface area (Å²) < 4.78 is 40.5. The normalized spacial score (nSPS) is 20.5. The number of hydrogen-bond donors (Lipinski definition) is 1. The van der Waals surface area contributed by atoms with Crippen molar-refractivity contribution in [1.29, 1.82) is 0 Å². The Labute approximate surface area is 145 Å². The lowest BCUT2D eigenvalue weighted by atomic mass is 10.0. The number of pyridine rings is 1. The molecule has 3 rings (SSSR count). The fourth-order valence-corrected chi connectivity index (χ4v) is 2.62. The van der Waals surface area contributed by atoms with Crippen molar-refractivity contribution in [2.24, 2.45) is 5.10 Å². The summed E-state index contributed by atoms with van der Waals surface area (Å²) in [6, 6.07) is 8.30. The van der Waals surface area contributed by atoms with Gasteiger partial charge in [-0.25, -0.2) is 0 Å². The van der Waals surface area contributed by atoms with E-state index in [-0.39, 0.29) is 21.3 Å². The Morgan fingerprint density at radius 1 is 1.24 bits per heavy atom. The van der Waals surface area contributed by atoms with Gasteiger partial charge >= 0.3 is 6.18 Å². The SMILES string of the molecule is O=C(c1cccc(Cl)c1)N1N=C(c2ccncc2)CC1(O)C(F)(F)F. The number of benzene rings is 1. The maximum absolute atomic E-state index is 13.5. The molecule has 5 nitrogen and oxygen atoms in total. The third kappa shape index (κ3) is 3.10. The fourth-order valence-electron chi connectivity index (χ4n) is 2.43. The van der Waals surface area contributed by atoms with Crippen molar-refractivity contribution in [3.05, 3.63) is 64.9 Å². The van der Waals surface area contributed by atoms with Crippen LogP contribution in [0.1, 0.15) is 22.3 Å². The molecule has 1 aliphatic heterocycles. The van der Waals surface area contributed by atoms with Crippen LogP contribution >= 0.6 is 11.6 Å². The highest BCUT2D eigenvalue weighted by molar-refractivity contribution is 6.31. The van der Waals surface area contributed by atoms with Crippen LogP contribution in [0.25, 0.3) is 0 Å². The van der Waals surface area contributed by atoms with Gasteiger partial charge in [0.2, 0.25) is 0 Å². The Morgan fingerprint density at radius 3 is 2.52 bits per heavy atom. The van der Waals surface area contributed by atoms with Crippen LogP contribution in [0.3, 0.4) is 0 Å². The zero-order chi connectivity index (χ0) is 18.2. The first-order chi connectivity index (χ1) is 11.7. The molecular weight excluding hydrogens is 359 g/mol. The van der Waals surface area contributed by atoms with E-state index in [4.69, 9.17) is 11.6 Å². The van der Waals surface area contributed by atoms with Gasteiger partial charge in [0.25, 0.3) is 11.6 Å². The van der Waals surface area contributed by atoms with Crippen molar-refractivity contribution in [3.8, 4) is 0 Å². The zero-order valence-electron chi connectivity index (χ0n) is 12.5. The number of carbonyl (C=O) groups excluding carboxylic acids is 1. The molecule has 1 atom stereocenters. The number of aliphatic hydroxyl groups is 1. The molecule has 1 unspecified atom stereocenters. The number of hydrogen-bond acceptors (Lipinski definition) is 4. The van der Waals surface area contributed by atoms with Gasteiger partial charge in [-0.3, -0.25) is 9.78 Å². The molecule has 1 aliphatic rings. The molecule has 1 aromatic carbocycles. The van der Waals surface area contributed by atoms with E-state index in [9.17, 15) is 23.1 Å². The summed E-state index contributed by atoms with van der Waals surface area (Å²) in [6.07, 6.45) is -3.22. The summed E-state index contributed by atoms with van der Waals surface area (Å²) in [7, 11) is 0. The van der Waals surface area contributed by atoms with E-state index >= 15 is 0 Å². The Hall–Kier alpha value is -2.45. The lowest BCUT2D eigenvalue weighted by Gasteiger charge is -2.32. The molecule has 0 radical (unpaired) electrons. The predicted octanol–water partition coefficient (Wildman–Crippen LogP) is 3.24. The molecule has 9 heteroatoms. The molecular formula is C16H11ClF3N3O2. The van der Waals surface area contributed by atoms with Crippen LogP contribution in [-0.4, -0.2) is 38.6 Å². The summed E-state index contributed by atoms with van der Waals surface area (Å²) in [4.78, 5) is 16.3. The third-order valence-electron chi connectivity index (χ3n) is 3.72. The van der Waals surface area contributed by atoms with Crippen LogP contribution in [0.4, 0.5) is 13.2 Å². The number of rotatable bonds is 2. The molecule has 130 valence electrons. The maximum Gasteiger partial charge on any atom is 0.438 e. The van der Waals surface area contributed by atoms with Gasteiger partial charge in [-0.1, -0.05) is 17.7 Å². The molecule has 1 aromatic heterocycles. The maximum atomic E-state index is 13.5. The Kier molecular flexibility index (Phi) is 4.26. The van der Waals surface area contributed by atoms with Crippen molar-refractivity contribution in [1.82, 2.24) is 9.99 Å². The van der Waals surface area contributed by atoms with Gasteiger partial charge < -0.3 is 5.11 Å². The van der Waals surface area contributed by atoms with Crippen molar-refractivity contribution in [2.75, 3.05) is 0 Å². The second kappa shape index (κ2) is 6.12. The van der Waals surface area contributed by atoms with E-state index in [1.54, 1.807) is 0 Å². The van der Waals surface area contributed by atoms with E-state index < -0.39 is 24.2 Å². The molecule has 25 heavy (non-hydrogen) atoms. The van der Waals surface area contributed by atoms with Crippen molar-refractivity contribution >= 4 is 23.2 Å². The van der Waals surface area contributed by atoms with E-state index in [1.165, 1.54) is 48.8 Å². The molecule has 0 aliphatic carbocycles. The van der Waals surface area contributed by atoms with Crippen LogP contribution in [0, 0.1) is 0 Å². The molecule has 0 saturated heterocycles. The Bertz CT molecular complexity index is 842. The lowest BCUT2D eigenvalue weighted by molar-refractivity contribution is -0.297. The van der Waals surface area contributed by atoms with Gasteiger partial charge in [0.15, 0.2) is 0 Å². The van der Waals surface area contributed by atoms with Gasteiger partial charge in [0.1, 0.15) is 0 Å². The average molecular weight is 370 g/mol. The molecule has 0 bridgehead atoms. The second-order valence-corrected chi connectivity index (χ2v) is 5.84. The standard InChI is InChI=1S/C16H11ClF3N3O2/c17-12-3-1-2-11(8-12)14(24)23-15(25,16(18,19)20)9-13(22-23)10-4-6-21-7-5-10/h1-8,25H,9H2. The number of hydrazone groups is 1. The third-order valence-corrected chi connectivity index (χ3v) is 3.95. The topological polar surface area (TPSA) is 65.8 Å². The highest BCUT2D eigenvalue weighted by Crippen LogP contribution is 2.42. The van der Waals surface area contributed by atoms with E-state index in [0.717, 1.165) is 0 Å². The monoisotopic (exact) mass is 369 g/mol. The van der Waals surface area contributed by atoms with Crippen LogP contribution < -0.4 is 0 Å². The summed E-state index contributed by atoms with van der Waals surface area (Å²) >= 11 is 5.78. The molecule has 2 aromatic rings. The van der Waals surface area contributed by atoms with E-state index in [1.807, 2.05) is 0 Å². The van der Waals surface area contributed by atoms with E-state index in [2.05, 4.69) is 10.1 Å². The Morgan fingerprint density at radius 2 is 1.92 bits per heavy atom. The fraction of sp³-hybridized carbons (Fsp3) is 0.188. The molecule has 1 N–H and O–H groups in total. The molecule has 1 amide bonds. The van der Waals surface area contributed by atoms with Crippen LogP contribution in [0.2, 0.25) is 5.02 Å². The number of alkyl halides is 3. The number of aromatic nitrogens is 1. The number of amides is 1. The first kappa shape index (κ1) is 17.4. The highest BCUT2D eigenvalue weighted by Gasteiger charge is 2.63. The molecule has 0 spiro atoms. The summed E-state index contributed by atoms with van der Waals surface area (Å²) in [6.45, 7) is 0. The summed E-state index contributed by atoms with van der Waals surface area (Å²) in [5.41, 5.74) is -3.29. The van der Waals surface area contributed by atoms with Gasteiger partial charge in [0.05, 0.1) is 12.1 Å². The highest BCUT2D eigenvalue weighted by atomic mass is 35.5. The number of carbonyl (C=O) groups is 1. The minimum absolute atomic E-state index is 0.0639. The van der Waals surface area contributed by atoms with Gasteiger partial charge in [-0.05, 0) is 30.3 Å². The lowest BCUT2D eigenvalue weighted by Crippen LogP contribution is -2.56. The smallest absolute Gasteiger partial charge is 0.362 e. The number of halogens is 4. The average Bonchev–Trinajstić information content (AvgIpc) is 2.94. The largest absolute Gasteiger partial charge is 0.438 e. The quantitative estimate of drug-likeness (QED) is 0.883. The second-order valence-electron chi connectivity index (χ2n) is 5.40. The van der Waals surface area contributed by atoms with Crippen LogP contribution in [-0.2, 0) is 0 Å². The first-order valence-electron chi connectivity index (χ1n) is 7.09. The van der Waals surface area contributed by atoms with Crippen LogP contribution in [0.5, 0.6) is 0 Å². The summed E-state index contributed by atoms with van der Waals surface area (Å²) in [5.74, 6) is -1.11. The van der Waals surface area contributed by atoms with Crippen molar-refractivity contribution < 1.29 is 23.1 Å². The molecule has 0 saturated carbocycles. The van der Waals surface area contributed by atoms with Gasteiger partial charge in [0, 0.05) is 28.5 Å². The van der Waals surface area contributed by atoms with Crippen molar-refractivity contribution in [2.45, 2.75) is 18.3 Å². The van der Waals surface area contributed by atoms with Crippen LogP contribution in [0.15, 0.2) is 53.9 Å². The first-order valence-corrected chi connectivity index (χ1v) is 7.47. The summed E-state index contributed by atoms with van der Waals surface area (Å²) in [5, 5.41) is 14.2. The zero-order valence-corrected chi connectivity index (χ0v) is 13.3.